The average molecular weight is 314 g/mol. The summed E-state index contributed by atoms with van der Waals surface area (Å²) >= 11 is 0. The van der Waals surface area contributed by atoms with Crippen molar-refractivity contribution in [3.8, 4) is 0 Å². The number of rotatable bonds is 3. The molecule has 0 spiro atoms. The van der Waals surface area contributed by atoms with Crippen LogP contribution in [0.25, 0.3) is 0 Å². The van der Waals surface area contributed by atoms with Gasteiger partial charge in [-0.1, -0.05) is 31.6 Å². The van der Waals surface area contributed by atoms with Crippen molar-refractivity contribution < 1.29 is 9.72 Å². The van der Waals surface area contributed by atoms with E-state index in [2.05, 4.69) is 19.9 Å². The lowest BCUT2D eigenvalue weighted by Gasteiger charge is -2.18. The van der Waals surface area contributed by atoms with E-state index >= 15 is 0 Å². The Morgan fingerprint density at radius 2 is 2.09 bits per heavy atom. The Morgan fingerprint density at radius 1 is 1.39 bits per heavy atom. The van der Waals surface area contributed by atoms with Gasteiger partial charge in [0.05, 0.1) is 16.5 Å². The van der Waals surface area contributed by atoms with E-state index < -0.39 is 4.92 Å². The van der Waals surface area contributed by atoms with Crippen LogP contribution >= 0.6 is 0 Å². The number of carbonyl (C=O) groups is 1. The molecular weight excluding hydrogens is 292 g/mol. The number of non-ortho nitro benzene ring substituents is 1. The van der Waals surface area contributed by atoms with Crippen LogP contribution < -0.4 is 4.90 Å². The van der Waals surface area contributed by atoms with Gasteiger partial charge < -0.3 is 4.90 Å². The zero-order chi connectivity index (χ0) is 16.9. The van der Waals surface area contributed by atoms with Gasteiger partial charge in [0.15, 0.2) is 0 Å². The Hall–Kier alpha value is -2.17. The molecule has 1 amide bonds. The first-order valence-electron chi connectivity index (χ1n) is 7.97. The molecule has 1 aliphatic carbocycles. The maximum Gasteiger partial charge on any atom is 0.271 e. The first kappa shape index (κ1) is 15.7. The highest BCUT2D eigenvalue weighted by Crippen LogP contribution is 2.60. The third-order valence-corrected chi connectivity index (χ3v) is 5.13. The summed E-state index contributed by atoms with van der Waals surface area (Å²) in [6, 6.07) is 4.82. The van der Waals surface area contributed by atoms with Crippen LogP contribution in [0.15, 0.2) is 29.8 Å². The van der Waals surface area contributed by atoms with Crippen molar-refractivity contribution in [1.29, 1.82) is 0 Å². The van der Waals surface area contributed by atoms with Crippen LogP contribution in [0, 0.1) is 27.4 Å². The summed E-state index contributed by atoms with van der Waals surface area (Å²) in [5, 5.41) is 11.0. The van der Waals surface area contributed by atoms with Crippen molar-refractivity contribution in [1.82, 2.24) is 0 Å². The van der Waals surface area contributed by atoms with Crippen molar-refractivity contribution in [2.24, 2.45) is 17.3 Å². The number of fused-ring (bicyclic) bond motifs is 1. The summed E-state index contributed by atoms with van der Waals surface area (Å²) in [7, 11) is 0. The maximum absolute atomic E-state index is 13.0. The molecule has 2 atom stereocenters. The Kier molecular flexibility index (Phi) is 3.54. The molecule has 1 aliphatic heterocycles. The fourth-order valence-corrected chi connectivity index (χ4v) is 3.70. The van der Waals surface area contributed by atoms with Gasteiger partial charge in [-0.15, -0.1) is 0 Å². The lowest BCUT2D eigenvalue weighted by atomic mass is 10.1. The van der Waals surface area contributed by atoms with Gasteiger partial charge >= 0.3 is 0 Å². The standard InChI is InChI=1S/C18H22N2O3/c1-11(2)9-14-16(18(14,3)4)17(21)19-8-7-12-5-6-13(20(22)23)10-15(12)19/h5-6,9-10,14,16H,7-8H2,1-4H3. The number of hydrogen-bond donors (Lipinski definition) is 0. The van der Waals surface area contributed by atoms with Crippen LogP contribution in [0.5, 0.6) is 0 Å². The minimum atomic E-state index is -0.408. The molecule has 23 heavy (non-hydrogen) atoms. The number of hydrogen-bond acceptors (Lipinski definition) is 3. The number of allylic oxidation sites excluding steroid dienone is 2. The number of benzene rings is 1. The molecule has 122 valence electrons. The molecule has 0 saturated heterocycles. The number of nitrogens with zero attached hydrogens (tertiary/aromatic N) is 2. The van der Waals surface area contributed by atoms with Gasteiger partial charge in [0.25, 0.3) is 5.69 Å². The van der Waals surface area contributed by atoms with Gasteiger partial charge in [-0.3, -0.25) is 14.9 Å². The topological polar surface area (TPSA) is 63.5 Å². The summed E-state index contributed by atoms with van der Waals surface area (Å²) in [6.07, 6.45) is 2.94. The molecule has 0 radical (unpaired) electrons. The highest BCUT2D eigenvalue weighted by Gasteiger charge is 2.61. The molecule has 5 heteroatoms. The smallest absolute Gasteiger partial charge is 0.271 e. The van der Waals surface area contributed by atoms with Crippen LogP contribution in [0.4, 0.5) is 11.4 Å². The van der Waals surface area contributed by atoms with Crippen LogP contribution in [-0.4, -0.2) is 17.4 Å². The second-order valence-electron chi connectivity index (χ2n) is 7.38. The predicted octanol–water partition coefficient (Wildman–Crippen LogP) is 3.72. The third kappa shape index (κ3) is 2.54. The molecule has 1 fully saturated rings. The molecule has 0 aromatic heterocycles. The minimum Gasteiger partial charge on any atom is -0.311 e. The van der Waals surface area contributed by atoms with Crippen molar-refractivity contribution in [3.63, 3.8) is 0 Å². The minimum absolute atomic E-state index is 0.0392. The summed E-state index contributed by atoms with van der Waals surface area (Å²) < 4.78 is 0. The van der Waals surface area contributed by atoms with Crippen LogP contribution in [0.3, 0.4) is 0 Å². The van der Waals surface area contributed by atoms with Crippen molar-refractivity contribution in [3.05, 3.63) is 45.5 Å². The molecule has 1 aromatic rings. The first-order chi connectivity index (χ1) is 10.7. The van der Waals surface area contributed by atoms with E-state index in [1.807, 2.05) is 13.8 Å². The number of carbonyl (C=O) groups excluding carboxylic acids is 1. The summed E-state index contributed by atoms with van der Waals surface area (Å²) in [6.45, 7) is 8.94. The summed E-state index contributed by atoms with van der Waals surface area (Å²) in [4.78, 5) is 25.3. The zero-order valence-corrected chi connectivity index (χ0v) is 14.0. The van der Waals surface area contributed by atoms with E-state index in [4.69, 9.17) is 0 Å². The van der Waals surface area contributed by atoms with Gasteiger partial charge in [0, 0.05) is 18.7 Å². The number of amides is 1. The molecule has 5 nitrogen and oxygen atoms in total. The van der Waals surface area contributed by atoms with E-state index in [1.165, 1.54) is 17.7 Å². The van der Waals surface area contributed by atoms with Gasteiger partial charge in [-0.2, -0.15) is 0 Å². The number of nitro benzene ring substituents is 1. The van der Waals surface area contributed by atoms with E-state index in [1.54, 1.807) is 11.0 Å². The molecular formula is C18H22N2O3. The second-order valence-corrected chi connectivity index (χ2v) is 7.38. The number of nitro groups is 1. The fourth-order valence-electron chi connectivity index (χ4n) is 3.70. The predicted molar refractivity (Wildman–Crippen MR) is 89.3 cm³/mol. The van der Waals surface area contributed by atoms with Crippen molar-refractivity contribution >= 4 is 17.3 Å². The molecule has 0 bridgehead atoms. The Balaban J connectivity index is 1.88. The highest BCUT2D eigenvalue weighted by molar-refractivity contribution is 6.00. The highest BCUT2D eigenvalue weighted by atomic mass is 16.6. The maximum atomic E-state index is 13.0. The molecule has 1 aromatic carbocycles. The summed E-state index contributed by atoms with van der Waals surface area (Å²) in [5.74, 6) is 0.308. The van der Waals surface area contributed by atoms with E-state index in [-0.39, 0.29) is 28.8 Å². The van der Waals surface area contributed by atoms with Crippen molar-refractivity contribution in [2.45, 2.75) is 34.1 Å². The van der Waals surface area contributed by atoms with Gasteiger partial charge in [-0.05, 0) is 37.2 Å². The van der Waals surface area contributed by atoms with E-state index in [9.17, 15) is 14.9 Å². The fraction of sp³-hybridized carbons (Fsp3) is 0.500. The Morgan fingerprint density at radius 3 is 2.70 bits per heavy atom. The largest absolute Gasteiger partial charge is 0.311 e. The quantitative estimate of drug-likeness (QED) is 0.485. The average Bonchev–Trinajstić information content (AvgIpc) is 2.84. The van der Waals surface area contributed by atoms with Gasteiger partial charge in [-0.25, -0.2) is 0 Å². The lowest BCUT2D eigenvalue weighted by molar-refractivity contribution is -0.384. The number of anilines is 1. The molecule has 2 aliphatic rings. The molecule has 1 saturated carbocycles. The Bertz CT molecular complexity index is 717. The van der Waals surface area contributed by atoms with Crippen LogP contribution in [0.2, 0.25) is 0 Å². The van der Waals surface area contributed by atoms with Gasteiger partial charge in [0.1, 0.15) is 0 Å². The van der Waals surface area contributed by atoms with Crippen molar-refractivity contribution in [2.75, 3.05) is 11.4 Å². The first-order valence-corrected chi connectivity index (χ1v) is 7.97. The van der Waals surface area contributed by atoms with Gasteiger partial charge in [0.2, 0.25) is 5.91 Å². The lowest BCUT2D eigenvalue weighted by Crippen LogP contribution is -2.31. The monoisotopic (exact) mass is 314 g/mol. The molecule has 1 heterocycles. The normalized spacial score (nSPS) is 24.1. The second kappa shape index (κ2) is 5.18. The SMILES string of the molecule is CC(C)=CC1C(C(=O)N2CCc3ccc([N+](=O)[O-])cc32)C1(C)C. The molecule has 2 unspecified atom stereocenters. The zero-order valence-electron chi connectivity index (χ0n) is 14.0. The Labute approximate surface area is 136 Å². The molecule has 3 rings (SSSR count). The van der Waals surface area contributed by atoms with Crippen LogP contribution in [-0.2, 0) is 11.2 Å². The third-order valence-electron chi connectivity index (χ3n) is 5.13. The van der Waals surface area contributed by atoms with Crippen LogP contribution in [0.1, 0.15) is 33.3 Å². The van der Waals surface area contributed by atoms with E-state index in [0.717, 1.165) is 12.0 Å². The van der Waals surface area contributed by atoms with E-state index in [0.29, 0.717) is 12.2 Å². The summed E-state index contributed by atoms with van der Waals surface area (Å²) in [5.41, 5.74) is 2.94. The molecule has 0 N–H and O–H groups in total.